The molecule has 1 heterocycles. The van der Waals surface area contributed by atoms with Crippen LogP contribution in [-0.4, -0.2) is 17.0 Å². The summed E-state index contributed by atoms with van der Waals surface area (Å²) < 4.78 is 0. The third kappa shape index (κ3) is 2.72. The molecule has 3 N–H and O–H groups in total. The SMILES string of the molecule is NC12C[C@H]3C[C@@H](C1)CC(NC(=O)c1ccc(-c4cccs4)cc1)(C3)C2. The maximum atomic E-state index is 12.9. The van der Waals surface area contributed by atoms with Gasteiger partial charge in [-0.15, -0.1) is 11.3 Å². The quantitative estimate of drug-likeness (QED) is 0.870. The zero-order valence-corrected chi connectivity index (χ0v) is 15.1. The lowest BCUT2D eigenvalue weighted by Gasteiger charge is -2.61. The Balaban J connectivity index is 1.35. The molecule has 1 aromatic heterocycles. The molecule has 2 aromatic rings. The van der Waals surface area contributed by atoms with Crippen molar-refractivity contribution >= 4 is 17.2 Å². The number of carbonyl (C=O) groups is 1. The van der Waals surface area contributed by atoms with Crippen molar-refractivity contribution in [2.24, 2.45) is 17.6 Å². The van der Waals surface area contributed by atoms with Crippen LogP contribution in [-0.2, 0) is 0 Å². The molecule has 130 valence electrons. The average Bonchev–Trinajstić information content (AvgIpc) is 3.06. The fourth-order valence-electron chi connectivity index (χ4n) is 6.02. The van der Waals surface area contributed by atoms with Crippen LogP contribution < -0.4 is 11.1 Å². The predicted octanol–water partition coefficient (Wildman–Crippen LogP) is 4.20. The number of benzene rings is 1. The number of thiophene rings is 1. The van der Waals surface area contributed by atoms with E-state index in [0.717, 1.165) is 37.7 Å². The summed E-state index contributed by atoms with van der Waals surface area (Å²) in [5.41, 5.74) is 8.46. The lowest BCUT2D eigenvalue weighted by atomic mass is 9.50. The number of nitrogens with two attached hydrogens (primary N) is 1. The van der Waals surface area contributed by atoms with E-state index in [1.165, 1.54) is 16.9 Å². The van der Waals surface area contributed by atoms with E-state index in [2.05, 4.69) is 22.8 Å². The van der Waals surface area contributed by atoms with Crippen LogP contribution in [0.3, 0.4) is 0 Å². The molecule has 2 unspecified atom stereocenters. The molecular formula is C21H24N2OS. The molecule has 25 heavy (non-hydrogen) atoms. The van der Waals surface area contributed by atoms with Gasteiger partial charge in [-0.05, 0) is 79.5 Å². The molecule has 4 saturated carbocycles. The number of amides is 1. The highest BCUT2D eigenvalue weighted by atomic mass is 32.1. The van der Waals surface area contributed by atoms with E-state index in [1.807, 2.05) is 24.3 Å². The fraction of sp³-hybridized carbons (Fsp3) is 0.476. The molecule has 6 rings (SSSR count). The fourth-order valence-corrected chi connectivity index (χ4v) is 6.75. The van der Waals surface area contributed by atoms with Crippen molar-refractivity contribution in [2.75, 3.05) is 0 Å². The summed E-state index contributed by atoms with van der Waals surface area (Å²) in [6, 6.07) is 12.1. The van der Waals surface area contributed by atoms with Gasteiger partial charge in [-0.1, -0.05) is 18.2 Å². The summed E-state index contributed by atoms with van der Waals surface area (Å²) in [7, 11) is 0. The second kappa shape index (κ2) is 5.42. The van der Waals surface area contributed by atoms with Crippen LogP contribution in [0.4, 0.5) is 0 Å². The van der Waals surface area contributed by atoms with Gasteiger partial charge in [0.2, 0.25) is 0 Å². The summed E-state index contributed by atoms with van der Waals surface area (Å²) in [6.45, 7) is 0. The van der Waals surface area contributed by atoms with Crippen molar-refractivity contribution in [1.29, 1.82) is 0 Å². The highest BCUT2D eigenvalue weighted by Crippen LogP contribution is 2.56. The molecule has 4 aliphatic rings. The van der Waals surface area contributed by atoms with Crippen LogP contribution in [0.5, 0.6) is 0 Å². The molecule has 1 amide bonds. The summed E-state index contributed by atoms with van der Waals surface area (Å²) in [5.74, 6) is 1.46. The first-order chi connectivity index (χ1) is 12.0. The molecule has 4 bridgehead atoms. The Kier molecular flexibility index (Phi) is 3.38. The zero-order valence-electron chi connectivity index (χ0n) is 14.3. The van der Waals surface area contributed by atoms with Crippen LogP contribution >= 0.6 is 11.3 Å². The number of carbonyl (C=O) groups excluding carboxylic acids is 1. The summed E-state index contributed by atoms with van der Waals surface area (Å²) >= 11 is 1.72. The summed E-state index contributed by atoms with van der Waals surface area (Å²) in [4.78, 5) is 14.1. The van der Waals surface area contributed by atoms with Crippen LogP contribution in [0.1, 0.15) is 48.9 Å². The van der Waals surface area contributed by atoms with Gasteiger partial charge in [-0.3, -0.25) is 4.79 Å². The number of hydrogen-bond acceptors (Lipinski definition) is 3. The van der Waals surface area contributed by atoms with E-state index in [4.69, 9.17) is 5.73 Å². The minimum absolute atomic E-state index is 0.0413. The van der Waals surface area contributed by atoms with Gasteiger partial charge in [-0.2, -0.15) is 0 Å². The Bertz CT molecular complexity index is 782. The normalized spacial score (nSPS) is 35.7. The van der Waals surface area contributed by atoms with Crippen molar-refractivity contribution in [1.82, 2.24) is 5.32 Å². The maximum Gasteiger partial charge on any atom is 0.251 e. The van der Waals surface area contributed by atoms with Gasteiger partial charge in [0.15, 0.2) is 0 Å². The van der Waals surface area contributed by atoms with Gasteiger partial charge < -0.3 is 11.1 Å². The van der Waals surface area contributed by atoms with Crippen molar-refractivity contribution in [3.8, 4) is 10.4 Å². The highest BCUT2D eigenvalue weighted by Gasteiger charge is 2.56. The van der Waals surface area contributed by atoms with Gasteiger partial charge >= 0.3 is 0 Å². The first-order valence-electron chi connectivity index (χ1n) is 9.28. The predicted molar refractivity (Wildman–Crippen MR) is 102 cm³/mol. The van der Waals surface area contributed by atoms with Crippen LogP contribution in [0.25, 0.3) is 10.4 Å². The molecule has 0 aliphatic heterocycles. The first kappa shape index (κ1) is 15.6. The zero-order chi connectivity index (χ0) is 17.1. The lowest BCUT2D eigenvalue weighted by Crippen LogP contribution is -2.68. The third-order valence-electron chi connectivity index (χ3n) is 6.44. The Morgan fingerprint density at radius 3 is 2.40 bits per heavy atom. The maximum absolute atomic E-state index is 12.9. The van der Waals surface area contributed by atoms with Crippen molar-refractivity contribution in [2.45, 2.75) is 49.6 Å². The largest absolute Gasteiger partial charge is 0.347 e. The minimum atomic E-state index is -0.0671. The number of hydrogen-bond donors (Lipinski definition) is 2. The number of nitrogens with one attached hydrogen (secondary N) is 1. The molecule has 4 aliphatic carbocycles. The van der Waals surface area contributed by atoms with Gasteiger partial charge in [0.05, 0.1) is 0 Å². The second-order valence-corrected chi connectivity index (χ2v) is 9.56. The topological polar surface area (TPSA) is 55.1 Å². The Morgan fingerprint density at radius 2 is 1.80 bits per heavy atom. The van der Waals surface area contributed by atoms with Gasteiger partial charge in [-0.25, -0.2) is 0 Å². The third-order valence-corrected chi connectivity index (χ3v) is 7.36. The van der Waals surface area contributed by atoms with Crippen LogP contribution in [0, 0.1) is 11.8 Å². The van der Waals surface area contributed by atoms with E-state index in [0.29, 0.717) is 11.8 Å². The van der Waals surface area contributed by atoms with E-state index in [1.54, 1.807) is 11.3 Å². The Hall–Kier alpha value is -1.65. The summed E-state index contributed by atoms with van der Waals surface area (Å²) in [5, 5.41) is 5.48. The molecule has 0 spiro atoms. The van der Waals surface area contributed by atoms with Crippen molar-refractivity contribution in [3.05, 3.63) is 47.3 Å². The van der Waals surface area contributed by atoms with Crippen molar-refractivity contribution < 1.29 is 4.79 Å². The first-order valence-corrected chi connectivity index (χ1v) is 10.2. The van der Waals surface area contributed by atoms with Crippen molar-refractivity contribution in [3.63, 3.8) is 0 Å². The van der Waals surface area contributed by atoms with E-state index >= 15 is 0 Å². The summed E-state index contributed by atoms with van der Waals surface area (Å²) in [6.07, 6.45) is 6.79. The smallest absolute Gasteiger partial charge is 0.251 e. The van der Waals surface area contributed by atoms with E-state index in [9.17, 15) is 4.79 Å². The molecule has 0 saturated heterocycles. The average molecular weight is 353 g/mol. The molecule has 3 nitrogen and oxygen atoms in total. The van der Waals surface area contributed by atoms with Gasteiger partial charge in [0, 0.05) is 21.5 Å². The van der Waals surface area contributed by atoms with E-state index < -0.39 is 0 Å². The number of rotatable bonds is 3. The monoisotopic (exact) mass is 352 g/mol. The Morgan fingerprint density at radius 1 is 1.08 bits per heavy atom. The lowest BCUT2D eigenvalue weighted by molar-refractivity contribution is -0.0320. The molecular weight excluding hydrogens is 328 g/mol. The molecule has 4 atom stereocenters. The molecule has 4 heteroatoms. The van der Waals surface area contributed by atoms with Gasteiger partial charge in [0.1, 0.15) is 0 Å². The van der Waals surface area contributed by atoms with Crippen LogP contribution in [0.15, 0.2) is 41.8 Å². The Labute approximate surface area is 152 Å². The van der Waals surface area contributed by atoms with Gasteiger partial charge in [0.25, 0.3) is 5.91 Å². The molecule has 0 radical (unpaired) electrons. The standard InChI is InChI=1S/C21H24N2OS/c22-20-9-14-8-15(10-20)12-21(11-14,13-20)23-19(24)17-5-3-16(4-6-17)18-2-1-7-25-18/h1-7,14-15H,8-13,22H2,(H,23,24)/t14-,15+,20?,21?. The molecule has 1 aromatic carbocycles. The van der Waals surface area contributed by atoms with Crippen LogP contribution in [0.2, 0.25) is 0 Å². The second-order valence-electron chi connectivity index (χ2n) is 8.61. The highest BCUT2D eigenvalue weighted by molar-refractivity contribution is 7.13. The van der Waals surface area contributed by atoms with E-state index in [-0.39, 0.29) is 17.0 Å². The minimum Gasteiger partial charge on any atom is -0.347 e. The molecule has 4 fully saturated rings.